The predicted octanol–water partition coefficient (Wildman–Crippen LogP) is 0.651. The van der Waals surface area contributed by atoms with Gasteiger partial charge in [0.2, 0.25) is 0 Å². The molecular weight excluding hydrogens is 334 g/mol. The van der Waals surface area contributed by atoms with Crippen LogP contribution >= 0.6 is 11.6 Å². The van der Waals surface area contributed by atoms with Crippen LogP contribution in [0.25, 0.3) is 0 Å². The van der Waals surface area contributed by atoms with Crippen LogP contribution in [0.3, 0.4) is 0 Å². The molecule has 5 heteroatoms. The fraction of sp³-hybridized carbons (Fsp3) is 0.350. The number of hydrogen-bond acceptors (Lipinski definition) is 1. The van der Waals surface area contributed by atoms with E-state index < -0.39 is 0 Å². The van der Waals surface area contributed by atoms with Gasteiger partial charge in [0.05, 0.1) is 0 Å². The highest BCUT2D eigenvalue weighted by Crippen LogP contribution is 2.08. The third kappa shape index (κ3) is 5.05. The van der Waals surface area contributed by atoms with E-state index in [1.54, 1.807) is 4.90 Å². The van der Waals surface area contributed by atoms with Crippen molar-refractivity contribution in [3.05, 3.63) is 65.2 Å². The molecule has 1 amide bonds. The minimum absolute atomic E-state index is 0.0303. The number of carbonyl (C=O) groups is 1. The maximum absolute atomic E-state index is 12.5. The number of rotatable bonds is 5. The first-order valence-electron chi connectivity index (χ1n) is 8.90. The topological polar surface area (TPSA) is 38.0 Å². The van der Waals surface area contributed by atoms with Gasteiger partial charge >= 0.3 is 0 Å². The zero-order valence-electron chi connectivity index (χ0n) is 14.6. The fourth-order valence-corrected chi connectivity index (χ4v) is 3.51. The molecule has 4 nitrogen and oxygen atoms in total. The lowest BCUT2D eigenvalue weighted by atomic mass is 10.1. The molecule has 0 aliphatic carbocycles. The lowest BCUT2D eigenvalue weighted by Gasteiger charge is -2.32. The van der Waals surface area contributed by atoms with Gasteiger partial charge in [0.25, 0.3) is 5.91 Å². The number of anilines is 1. The average Bonchev–Trinajstić information content (AvgIpc) is 2.64. The molecule has 132 valence electrons. The van der Waals surface area contributed by atoms with E-state index in [1.165, 1.54) is 10.5 Å². The molecule has 0 saturated carbocycles. The Morgan fingerprint density at radius 2 is 1.68 bits per heavy atom. The summed E-state index contributed by atoms with van der Waals surface area (Å²) in [4.78, 5) is 15.4. The van der Waals surface area contributed by atoms with Crippen LogP contribution < -0.4 is 15.1 Å². The summed E-state index contributed by atoms with van der Waals surface area (Å²) in [6.45, 7) is 7.26. The maximum Gasteiger partial charge on any atom is 0.282 e. The molecule has 1 aliphatic heterocycles. The van der Waals surface area contributed by atoms with Crippen LogP contribution in [0, 0.1) is 0 Å². The Morgan fingerprint density at radius 3 is 2.32 bits per heavy atom. The Labute approximate surface area is 154 Å². The minimum atomic E-state index is -0.0303. The minimum Gasteiger partial charge on any atom is -0.322 e. The van der Waals surface area contributed by atoms with Gasteiger partial charge in [-0.15, -0.1) is 0 Å². The highest BCUT2D eigenvalue weighted by Gasteiger charge is 2.31. The summed E-state index contributed by atoms with van der Waals surface area (Å²) >= 11 is 5.95. The van der Waals surface area contributed by atoms with Crippen LogP contribution in [0.2, 0.25) is 5.02 Å². The standard InChI is InChI=1S/C20H24ClN3O/c1-16(20(25)22-19-5-3-2-4-6-19)24-13-11-23(12-14-24)15-17-7-9-18(21)10-8-17/h2-10,16H,11-15H2,1H3,(H,22,25)/p+2/t16-/m0/s1. The van der Waals surface area contributed by atoms with Crippen LogP contribution in [0.4, 0.5) is 5.69 Å². The zero-order valence-corrected chi connectivity index (χ0v) is 15.4. The number of nitrogens with one attached hydrogen (secondary N) is 3. The van der Waals surface area contributed by atoms with Crippen molar-refractivity contribution in [3.8, 4) is 0 Å². The molecule has 3 N–H and O–H groups in total. The van der Waals surface area contributed by atoms with Crippen LogP contribution in [0.1, 0.15) is 12.5 Å². The van der Waals surface area contributed by atoms with Crippen molar-refractivity contribution in [1.82, 2.24) is 0 Å². The van der Waals surface area contributed by atoms with Gasteiger partial charge in [0.1, 0.15) is 32.7 Å². The fourth-order valence-electron chi connectivity index (χ4n) is 3.38. The zero-order chi connectivity index (χ0) is 17.6. The smallest absolute Gasteiger partial charge is 0.282 e. The van der Waals surface area contributed by atoms with Gasteiger partial charge in [-0.3, -0.25) is 4.79 Å². The predicted molar refractivity (Wildman–Crippen MR) is 101 cm³/mol. The van der Waals surface area contributed by atoms with Gasteiger partial charge in [-0.1, -0.05) is 41.9 Å². The van der Waals surface area contributed by atoms with Crippen molar-refractivity contribution >= 4 is 23.2 Å². The van der Waals surface area contributed by atoms with Crippen LogP contribution in [-0.4, -0.2) is 38.1 Å². The Morgan fingerprint density at radius 1 is 1.04 bits per heavy atom. The van der Waals surface area contributed by atoms with E-state index in [2.05, 4.69) is 17.4 Å². The molecule has 3 rings (SSSR count). The van der Waals surface area contributed by atoms with E-state index in [4.69, 9.17) is 11.6 Å². The van der Waals surface area contributed by atoms with Crippen molar-refractivity contribution in [2.24, 2.45) is 0 Å². The van der Waals surface area contributed by atoms with Crippen molar-refractivity contribution in [2.45, 2.75) is 19.5 Å². The highest BCUT2D eigenvalue weighted by molar-refractivity contribution is 6.30. The van der Waals surface area contributed by atoms with E-state index >= 15 is 0 Å². The molecular formula is C20H26ClN3O+2. The summed E-state index contributed by atoms with van der Waals surface area (Å²) in [5.41, 5.74) is 2.18. The molecule has 0 bridgehead atoms. The molecule has 0 unspecified atom stereocenters. The number of halogens is 1. The number of quaternary nitrogens is 2. The van der Waals surface area contributed by atoms with Gasteiger partial charge < -0.3 is 15.1 Å². The van der Waals surface area contributed by atoms with Crippen molar-refractivity contribution in [3.63, 3.8) is 0 Å². The molecule has 1 atom stereocenters. The summed E-state index contributed by atoms with van der Waals surface area (Å²) in [5, 5.41) is 3.80. The lowest BCUT2D eigenvalue weighted by molar-refractivity contribution is -1.02. The first-order chi connectivity index (χ1) is 12.1. The second-order valence-electron chi connectivity index (χ2n) is 6.79. The molecule has 1 aliphatic rings. The Kier molecular flexibility index (Phi) is 6.08. The van der Waals surface area contributed by atoms with E-state index in [9.17, 15) is 4.79 Å². The van der Waals surface area contributed by atoms with Crippen LogP contribution in [0.15, 0.2) is 54.6 Å². The second-order valence-corrected chi connectivity index (χ2v) is 7.22. The number of para-hydroxylation sites is 1. The van der Waals surface area contributed by atoms with Gasteiger partial charge in [-0.05, 0) is 31.2 Å². The van der Waals surface area contributed by atoms with Crippen molar-refractivity contribution < 1.29 is 14.6 Å². The molecule has 0 spiro atoms. The van der Waals surface area contributed by atoms with Gasteiger partial charge in [-0.25, -0.2) is 0 Å². The Balaban J connectivity index is 1.47. The van der Waals surface area contributed by atoms with E-state index in [0.29, 0.717) is 0 Å². The average molecular weight is 360 g/mol. The number of amides is 1. The maximum atomic E-state index is 12.5. The van der Waals surface area contributed by atoms with Crippen molar-refractivity contribution in [1.29, 1.82) is 0 Å². The van der Waals surface area contributed by atoms with Crippen LogP contribution in [0.5, 0.6) is 0 Å². The lowest BCUT2D eigenvalue weighted by Crippen LogP contribution is -3.29. The first-order valence-corrected chi connectivity index (χ1v) is 9.28. The molecule has 2 aromatic carbocycles. The summed E-state index contributed by atoms with van der Waals surface area (Å²) in [7, 11) is 0. The third-order valence-electron chi connectivity index (χ3n) is 5.01. The number of piperazine rings is 1. The second kappa shape index (κ2) is 8.48. The molecule has 25 heavy (non-hydrogen) atoms. The Bertz CT molecular complexity index is 682. The first kappa shape index (κ1) is 17.9. The van der Waals surface area contributed by atoms with Gasteiger partial charge in [0.15, 0.2) is 6.04 Å². The molecule has 1 heterocycles. The van der Waals surface area contributed by atoms with Gasteiger partial charge in [-0.2, -0.15) is 0 Å². The summed E-state index contributed by atoms with van der Waals surface area (Å²) in [6.07, 6.45) is 0. The normalized spacial score (nSPS) is 21.5. The molecule has 0 aromatic heterocycles. The van der Waals surface area contributed by atoms with E-state index in [-0.39, 0.29) is 11.9 Å². The summed E-state index contributed by atoms with van der Waals surface area (Å²) < 4.78 is 0. The third-order valence-corrected chi connectivity index (χ3v) is 5.27. The molecule has 1 saturated heterocycles. The SMILES string of the molecule is C[C@@H](C(=O)Nc1ccccc1)[NH+]1CC[NH+](Cc2ccc(Cl)cc2)CC1. The summed E-state index contributed by atoms with van der Waals surface area (Å²) in [5.74, 6) is 0.0994. The number of carbonyl (C=O) groups excluding carboxylic acids is 1. The summed E-state index contributed by atoms with van der Waals surface area (Å²) in [6, 6.07) is 17.8. The highest BCUT2D eigenvalue weighted by atomic mass is 35.5. The molecule has 1 fully saturated rings. The molecule has 2 aromatic rings. The van der Waals surface area contributed by atoms with Crippen LogP contribution in [-0.2, 0) is 11.3 Å². The quantitative estimate of drug-likeness (QED) is 0.720. The number of hydrogen-bond donors (Lipinski definition) is 3. The Hall–Kier alpha value is -1.88. The number of benzene rings is 2. The van der Waals surface area contributed by atoms with E-state index in [0.717, 1.165) is 43.4 Å². The molecule has 0 radical (unpaired) electrons. The van der Waals surface area contributed by atoms with E-state index in [1.807, 2.05) is 49.4 Å². The largest absolute Gasteiger partial charge is 0.322 e. The van der Waals surface area contributed by atoms with Gasteiger partial charge in [0, 0.05) is 16.3 Å². The van der Waals surface area contributed by atoms with Crippen molar-refractivity contribution in [2.75, 3.05) is 31.5 Å². The monoisotopic (exact) mass is 359 g/mol.